The van der Waals surface area contributed by atoms with Crippen molar-refractivity contribution in [2.75, 3.05) is 14.1 Å². The third-order valence-electron chi connectivity index (χ3n) is 3.86. The fourth-order valence-corrected chi connectivity index (χ4v) is 3.24. The van der Waals surface area contributed by atoms with Gasteiger partial charge >= 0.3 is 12.1 Å². The van der Waals surface area contributed by atoms with Crippen LogP contribution >= 0.6 is 0 Å². The van der Waals surface area contributed by atoms with E-state index in [-0.39, 0.29) is 16.0 Å². The Morgan fingerprint density at radius 1 is 1.04 bits per heavy atom. The van der Waals surface area contributed by atoms with E-state index in [2.05, 4.69) is 0 Å². The number of sulfonamides is 1. The zero-order chi connectivity index (χ0) is 20.4. The molecule has 0 heterocycles. The van der Waals surface area contributed by atoms with E-state index in [1.54, 1.807) is 6.07 Å². The van der Waals surface area contributed by atoms with Crippen LogP contribution in [0.3, 0.4) is 0 Å². The largest absolute Gasteiger partial charge is 0.444 e. The average molecular weight is 401 g/mol. The van der Waals surface area contributed by atoms with Gasteiger partial charge < -0.3 is 4.74 Å². The number of carbonyl (C=O) groups excluding carboxylic acids is 1. The first kappa shape index (κ1) is 20.9. The summed E-state index contributed by atoms with van der Waals surface area (Å²) in [6, 6.07) is 10.3. The highest BCUT2D eigenvalue weighted by Crippen LogP contribution is 2.37. The normalized spacial score (nSPS) is 13.4. The molecule has 2 aromatic carbocycles. The number of ether oxygens (including phenoxy) is 1. The predicted molar refractivity (Wildman–Crippen MR) is 92.7 cm³/mol. The van der Waals surface area contributed by atoms with E-state index in [1.165, 1.54) is 39.2 Å². The Morgan fingerprint density at radius 2 is 1.59 bits per heavy atom. The Morgan fingerprint density at radius 3 is 2.07 bits per heavy atom. The van der Waals surface area contributed by atoms with Crippen LogP contribution in [-0.2, 0) is 14.8 Å². The van der Waals surface area contributed by atoms with E-state index < -0.39 is 28.3 Å². The average Bonchev–Trinajstić information content (AvgIpc) is 2.59. The molecule has 0 unspecified atom stereocenters. The van der Waals surface area contributed by atoms with Gasteiger partial charge in [0.1, 0.15) is 0 Å². The lowest BCUT2D eigenvalue weighted by molar-refractivity contribution is -0.207. The van der Waals surface area contributed by atoms with Crippen molar-refractivity contribution in [2.45, 2.75) is 24.1 Å². The van der Waals surface area contributed by atoms with Gasteiger partial charge in [-0.15, -0.1) is 0 Å². The maximum atomic E-state index is 13.4. The van der Waals surface area contributed by atoms with E-state index in [9.17, 15) is 26.4 Å². The minimum absolute atomic E-state index is 0.0877. The molecule has 0 saturated heterocycles. The number of alkyl halides is 3. The minimum atomic E-state index is -4.80. The third kappa shape index (κ3) is 4.67. The molecule has 9 heteroatoms. The summed E-state index contributed by atoms with van der Waals surface area (Å²) in [5, 5.41) is 0. The van der Waals surface area contributed by atoms with Crippen LogP contribution in [0.4, 0.5) is 13.2 Å². The van der Waals surface area contributed by atoms with Crippen molar-refractivity contribution in [2.24, 2.45) is 0 Å². The van der Waals surface area contributed by atoms with Gasteiger partial charge in [0.05, 0.1) is 10.5 Å². The molecule has 27 heavy (non-hydrogen) atoms. The van der Waals surface area contributed by atoms with E-state index in [4.69, 9.17) is 4.74 Å². The molecule has 2 aromatic rings. The first-order valence-electron chi connectivity index (χ1n) is 7.80. The minimum Gasteiger partial charge on any atom is -0.444 e. The van der Waals surface area contributed by atoms with Crippen LogP contribution in [0.2, 0.25) is 0 Å². The molecule has 0 spiro atoms. The molecule has 0 fully saturated rings. The molecule has 0 aliphatic rings. The van der Waals surface area contributed by atoms with Gasteiger partial charge in [-0.2, -0.15) is 13.2 Å². The first-order valence-corrected chi connectivity index (χ1v) is 9.24. The van der Waals surface area contributed by atoms with Crippen LogP contribution in [-0.4, -0.2) is 39.0 Å². The van der Waals surface area contributed by atoms with Crippen LogP contribution in [0.5, 0.6) is 0 Å². The van der Waals surface area contributed by atoms with Gasteiger partial charge in [0.15, 0.2) is 0 Å². The Bertz CT molecular complexity index is 922. The molecular weight excluding hydrogens is 383 g/mol. The van der Waals surface area contributed by atoms with Gasteiger partial charge in [0.25, 0.3) is 0 Å². The number of benzene rings is 2. The van der Waals surface area contributed by atoms with Gasteiger partial charge in [-0.1, -0.05) is 24.3 Å². The smallest absolute Gasteiger partial charge is 0.429 e. The maximum Gasteiger partial charge on any atom is 0.429 e. The van der Waals surface area contributed by atoms with Crippen molar-refractivity contribution in [1.82, 2.24) is 4.31 Å². The standard InChI is InChI=1S/C18H18F3NO4S/c1-12-6-4-5-7-15(12)16(18(19,20)21)26-17(23)13-8-10-14(11-9-13)27(24,25)22(2)3/h4-11,16H,1-3H3/t16-/m0/s1. The first-order chi connectivity index (χ1) is 12.4. The van der Waals surface area contributed by atoms with E-state index in [1.807, 2.05) is 0 Å². The summed E-state index contributed by atoms with van der Waals surface area (Å²) in [7, 11) is -1.03. The summed E-state index contributed by atoms with van der Waals surface area (Å²) in [6.07, 6.45) is -7.22. The molecule has 0 aliphatic carbocycles. The Hall–Kier alpha value is -2.39. The molecule has 2 rings (SSSR count). The summed E-state index contributed by atoms with van der Waals surface area (Å²) in [5.74, 6) is -1.20. The highest BCUT2D eigenvalue weighted by molar-refractivity contribution is 7.89. The highest BCUT2D eigenvalue weighted by atomic mass is 32.2. The summed E-state index contributed by atoms with van der Waals surface area (Å²) in [4.78, 5) is 12.1. The Labute approximate surface area is 155 Å². The summed E-state index contributed by atoms with van der Waals surface area (Å²) >= 11 is 0. The van der Waals surface area contributed by atoms with Crippen molar-refractivity contribution < 1.29 is 31.1 Å². The van der Waals surface area contributed by atoms with Gasteiger partial charge in [-0.3, -0.25) is 0 Å². The Kier molecular flexibility index (Phi) is 5.96. The molecule has 0 saturated carbocycles. The molecular formula is C18H18F3NO4S. The number of aryl methyl sites for hydroxylation is 1. The Balaban J connectivity index is 2.30. The number of halogens is 3. The summed E-state index contributed by atoms with van der Waals surface area (Å²) in [6.45, 7) is 1.49. The van der Waals surface area contributed by atoms with Crippen molar-refractivity contribution in [3.8, 4) is 0 Å². The number of esters is 1. The van der Waals surface area contributed by atoms with Gasteiger partial charge in [0.2, 0.25) is 16.1 Å². The molecule has 0 bridgehead atoms. The number of hydrogen-bond donors (Lipinski definition) is 0. The molecule has 0 aromatic heterocycles. The fourth-order valence-electron chi connectivity index (χ4n) is 2.34. The molecule has 0 N–H and O–H groups in total. The van der Waals surface area contributed by atoms with E-state index in [0.717, 1.165) is 28.6 Å². The fraction of sp³-hybridized carbons (Fsp3) is 0.278. The summed E-state index contributed by atoms with van der Waals surface area (Å²) in [5.41, 5.74) is -0.0132. The molecule has 0 aliphatic heterocycles. The SMILES string of the molecule is Cc1ccccc1[C@H](OC(=O)c1ccc(S(=O)(=O)N(C)C)cc1)C(F)(F)F. The lowest BCUT2D eigenvalue weighted by atomic mass is 10.0. The van der Waals surface area contributed by atoms with Crippen LogP contribution < -0.4 is 0 Å². The molecule has 0 radical (unpaired) electrons. The van der Waals surface area contributed by atoms with E-state index in [0.29, 0.717) is 5.56 Å². The summed E-state index contributed by atoms with van der Waals surface area (Å²) < 4.78 is 69.9. The van der Waals surface area contributed by atoms with Gasteiger partial charge in [0, 0.05) is 19.7 Å². The third-order valence-corrected chi connectivity index (χ3v) is 5.69. The number of nitrogens with zero attached hydrogens (tertiary/aromatic N) is 1. The van der Waals surface area contributed by atoms with Crippen LogP contribution in [0.1, 0.15) is 27.6 Å². The van der Waals surface area contributed by atoms with Crippen molar-refractivity contribution in [3.05, 3.63) is 65.2 Å². The molecule has 0 amide bonds. The van der Waals surface area contributed by atoms with Crippen molar-refractivity contribution >= 4 is 16.0 Å². The monoisotopic (exact) mass is 401 g/mol. The number of carbonyl (C=O) groups is 1. The lowest BCUT2D eigenvalue weighted by Crippen LogP contribution is -2.27. The highest BCUT2D eigenvalue weighted by Gasteiger charge is 2.44. The van der Waals surface area contributed by atoms with Gasteiger partial charge in [-0.05, 0) is 36.8 Å². The lowest BCUT2D eigenvalue weighted by Gasteiger charge is -2.22. The quantitative estimate of drug-likeness (QED) is 0.717. The van der Waals surface area contributed by atoms with Crippen molar-refractivity contribution in [1.29, 1.82) is 0 Å². The van der Waals surface area contributed by atoms with Crippen molar-refractivity contribution in [3.63, 3.8) is 0 Å². The second-order valence-electron chi connectivity index (χ2n) is 6.00. The zero-order valence-electron chi connectivity index (χ0n) is 14.8. The van der Waals surface area contributed by atoms with E-state index >= 15 is 0 Å². The molecule has 5 nitrogen and oxygen atoms in total. The second kappa shape index (κ2) is 7.69. The number of hydrogen-bond acceptors (Lipinski definition) is 4. The number of rotatable bonds is 5. The van der Waals surface area contributed by atoms with Crippen LogP contribution in [0.15, 0.2) is 53.4 Å². The van der Waals surface area contributed by atoms with Crippen LogP contribution in [0.25, 0.3) is 0 Å². The molecule has 1 atom stereocenters. The van der Waals surface area contributed by atoms with Crippen LogP contribution in [0, 0.1) is 6.92 Å². The molecule has 146 valence electrons. The maximum absolute atomic E-state index is 13.4. The van der Waals surface area contributed by atoms with Gasteiger partial charge in [-0.25, -0.2) is 17.5 Å². The predicted octanol–water partition coefficient (Wildman–Crippen LogP) is 3.71. The topological polar surface area (TPSA) is 63.7 Å². The second-order valence-corrected chi connectivity index (χ2v) is 8.15. The zero-order valence-corrected chi connectivity index (χ0v) is 15.6.